The summed E-state index contributed by atoms with van der Waals surface area (Å²) >= 11 is 0. The predicted octanol–water partition coefficient (Wildman–Crippen LogP) is 2.20. The lowest BCUT2D eigenvalue weighted by Crippen LogP contribution is -2.54. The first-order valence-corrected chi connectivity index (χ1v) is 7.29. The van der Waals surface area contributed by atoms with Gasteiger partial charge >= 0.3 is 0 Å². The fourth-order valence-electron chi connectivity index (χ4n) is 3.72. The van der Waals surface area contributed by atoms with Crippen LogP contribution in [-0.2, 0) is 4.79 Å². The first-order valence-electron chi connectivity index (χ1n) is 7.29. The summed E-state index contributed by atoms with van der Waals surface area (Å²) in [5.41, 5.74) is 0.618. The maximum absolute atomic E-state index is 12.1. The van der Waals surface area contributed by atoms with Crippen LogP contribution in [0.2, 0.25) is 0 Å². The molecule has 3 fully saturated rings. The molecule has 3 nitrogen and oxygen atoms in total. The van der Waals surface area contributed by atoms with Gasteiger partial charge in [-0.25, -0.2) is 0 Å². The molecule has 0 aromatic heterocycles. The van der Waals surface area contributed by atoms with E-state index in [2.05, 4.69) is 10.2 Å². The number of rotatable bonds is 1. The summed E-state index contributed by atoms with van der Waals surface area (Å²) in [6.45, 7) is 3.85. The van der Waals surface area contributed by atoms with Crippen LogP contribution in [-0.4, -0.2) is 37.0 Å². The van der Waals surface area contributed by atoms with Gasteiger partial charge in [-0.1, -0.05) is 19.3 Å². The second-order valence-corrected chi connectivity index (χ2v) is 6.24. The largest absolute Gasteiger partial charge is 0.342 e. The van der Waals surface area contributed by atoms with Crippen molar-refractivity contribution in [3.63, 3.8) is 0 Å². The number of hydrogen-bond acceptors (Lipinski definition) is 2. The molecule has 1 saturated carbocycles. The van der Waals surface area contributed by atoms with Gasteiger partial charge in [0.1, 0.15) is 0 Å². The van der Waals surface area contributed by atoms with Gasteiger partial charge in [0, 0.05) is 26.2 Å². The van der Waals surface area contributed by atoms with Gasteiger partial charge in [0.25, 0.3) is 0 Å². The summed E-state index contributed by atoms with van der Waals surface area (Å²) in [6, 6.07) is 0. The van der Waals surface area contributed by atoms with Crippen molar-refractivity contribution in [3.8, 4) is 0 Å². The second-order valence-electron chi connectivity index (χ2n) is 6.24. The van der Waals surface area contributed by atoms with Gasteiger partial charge < -0.3 is 10.2 Å². The van der Waals surface area contributed by atoms with Crippen LogP contribution < -0.4 is 5.32 Å². The van der Waals surface area contributed by atoms with Crippen molar-refractivity contribution in [1.29, 1.82) is 0 Å². The molecular formula is C14H25ClN2O. The number of halogens is 1. The molecule has 0 radical (unpaired) electrons. The van der Waals surface area contributed by atoms with Gasteiger partial charge in [0.15, 0.2) is 0 Å². The quantitative estimate of drug-likeness (QED) is 0.794. The third kappa shape index (κ3) is 2.67. The number of carbonyl (C=O) groups excluding carboxylic acids is 1. The Morgan fingerprint density at radius 1 is 1.00 bits per heavy atom. The lowest BCUT2D eigenvalue weighted by Gasteiger charge is -2.45. The molecule has 1 spiro atoms. The molecule has 0 aromatic carbocycles. The van der Waals surface area contributed by atoms with Crippen LogP contribution in [0.3, 0.4) is 0 Å². The molecule has 3 aliphatic rings. The zero-order chi connectivity index (χ0) is 11.7. The molecule has 0 aromatic rings. The zero-order valence-corrected chi connectivity index (χ0v) is 11.9. The summed E-state index contributed by atoms with van der Waals surface area (Å²) in [7, 11) is 0. The van der Waals surface area contributed by atoms with E-state index in [1.165, 1.54) is 44.9 Å². The summed E-state index contributed by atoms with van der Waals surface area (Å²) < 4.78 is 0. The summed E-state index contributed by atoms with van der Waals surface area (Å²) in [5, 5.41) is 3.19. The van der Waals surface area contributed by atoms with Crippen molar-refractivity contribution < 1.29 is 4.79 Å². The van der Waals surface area contributed by atoms with Gasteiger partial charge in [-0.2, -0.15) is 0 Å². The van der Waals surface area contributed by atoms with Crippen molar-refractivity contribution in [2.75, 3.05) is 26.2 Å². The van der Waals surface area contributed by atoms with Crippen LogP contribution in [0.25, 0.3) is 0 Å². The average Bonchev–Trinajstić information content (AvgIpc) is 2.28. The number of carbonyl (C=O) groups is 1. The summed E-state index contributed by atoms with van der Waals surface area (Å²) in [6.07, 6.45) is 9.62. The first kappa shape index (κ1) is 14.1. The lowest BCUT2D eigenvalue weighted by molar-refractivity contribution is -0.139. The Bertz CT molecular complexity index is 288. The Hall–Kier alpha value is -0.280. The third-order valence-corrected chi connectivity index (χ3v) is 5.18. The minimum atomic E-state index is 0. The van der Waals surface area contributed by atoms with Crippen molar-refractivity contribution in [2.45, 2.75) is 44.9 Å². The van der Waals surface area contributed by atoms with Crippen LogP contribution in [0.1, 0.15) is 44.9 Å². The van der Waals surface area contributed by atoms with E-state index in [0.717, 1.165) is 26.2 Å². The van der Waals surface area contributed by atoms with Gasteiger partial charge in [0.05, 0.1) is 5.92 Å². The number of nitrogens with one attached hydrogen (secondary N) is 1. The fourth-order valence-corrected chi connectivity index (χ4v) is 3.72. The molecule has 0 unspecified atom stereocenters. The van der Waals surface area contributed by atoms with E-state index in [1.807, 2.05) is 0 Å². The van der Waals surface area contributed by atoms with E-state index in [1.54, 1.807) is 0 Å². The van der Waals surface area contributed by atoms with Crippen LogP contribution in [0.4, 0.5) is 0 Å². The Morgan fingerprint density at radius 3 is 2.11 bits per heavy atom. The van der Waals surface area contributed by atoms with Gasteiger partial charge in [-0.05, 0) is 31.1 Å². The van der Waals surface area contributed by atoms with Gasteiger partial charge in [-0.15, -0.1) is 12.4 Å². The molecule has 0 bridgehead atoms. The first-order chi connectivity index (χ1) is 8.29. The Labute approximate surface area is 116 Å². The second kappa shape index (κ2) is 5.79. The van der Waals surface area contributed by atoms with Crippen LogP contribution in [0.5, 0.6) is 0 Å². The monoisotopic (exact) mass is 272 g/mol. The molecule has 2 heterocycles. The molecule has 1 aliphatic carbocycles. The van der Waals surface area contributed by atoms with E-state index in [-0.39, 0.29) is 18.3 Å². The molecule has 2 saturated heterocycles. The van der Waals surface area contributed by atoms with E-state index in [0.29, 0.717) is 11.3 Å². The van der Waals surface area contributed by atoms with E-state index in [4.69, 9.17) is 0 Å². The smallest absolute Gasteiger partial charge is 0.228 e. The van der Waals surface area contributed by atoms with Crippen LogP contribution in [0.15, 0.2) is 0 Å². The van der Waals surface area contributed by atoms with Gasteiger partial charge in [-0.3, -0.25) is 4.79 Å². The Morgan fingerprint density at radius 2 is 1.61 bits per heavy atom. The van der Waals surface area contributed by atoms with E-state index in [9.17, 15) is 4.79 Å². The normalized spacial score (nSPS) is 27.4. The average molecular weight is 273 g/mol. The van der Waals surface area contributed by atoms with Crippen molar-refractivity contribution in [3.05, 3.63) is 0 Å². The minimum Gasteiger partial charge on any atom is -0.342 e. The number of amides is 1. The number of nitrogens with zero attached hydrogens (tertiary/aromatic N) is 1. The molecule has 1 amide bonds. The van der Waals surface area contributed by atoms with Crippen LogP contribution in [0, 0.1) is 11.3 Å². The molecule has 3 rings (SSSR count). The molecule has 1 N–H and O–H groups in total. The fraction of sp³-hybridized carbons (Fsp3) is 0.929. The summed E-state index contributed by atoms with van der Waals surface area (Å²) in [4.78, 5) is 14.3. The Kier molecular flexibility index (Phi) is 4.54. The van der Waals surface area contributed by atoms with Crippen molar-refractivity contribution in [1.82, 2.24) is 10.2 Å². The number of hydrogen-bond donors (Lipinski definition) is 1. The van der Waals surface area contributed by atoms with Crippen molar-refractivity contribution in [2.24, 2.45) is 11.3 Å². The SMILES string of the molecule is Cl.O=C(C1CNC1)N1CCC2(CCCCC2)CC1. The topological polar surface area (TPSA) is 32.3 Å². The van der Waals surface area contributed by atoms with E-state index < -0.39 is 0 Å². The third-order valence-electron chi connectivity index (χ3n) is 5.18. The predicted molar refractivity (Wildman–Crippen MR) is 74.9 cm³/mol. The van der Waals surface area contributed by atoms with Gasteiger partial charge in [0.2, 0.25) is 5.91 Å². The molecule has 18 heavy (non-hydrogen) atoms. The zero-order valence-electron chi connectivity index (χ0n) is 11.1. The van der Waals surface area contributed by atoms with Crippen molar-refractivity contribution >= 4 is 18.3 Å². The minimum absolute atomic E-state index is 0. The highest BCUT2D eigenvalue weighted by atomic mass is 35.5. The number of piperidine rings is 1. The standard InChI is InChI=1S/C14H24N2O.ClH/c17-13(12-10-15-11-12)16-8-6-14(7-9-16)4-2-1-3-5-14;/h12,15H,1-11H2;1H. The highest BCUT2D eigenvalue weighted by Crippen LogP contribution is 2.44. The number of likely N-dealkylation sites (tertiary alicyclic amines) is 1. The highest BCUT2D eigenvalue weighted by molar-refractivity contribution is 5.85. The van der Waals surface area contributed by atoms with Crippen LogP contribution >= 0.6 is 12.4 Å². The molecular weight excluding hydrogens is 248 g/mol. The molecule has 4 heteroatoms. The molecule has 2 aliphatic heterocycles. The molecule has 0 atom stereocenters. The van der Waals surface area contributed by atoms with E-state index >= 15 is 0 Å². The molecule has 104 valence electrons. The summed E-state index contributed by atoms with van der Waals surface area (Å²) in [5.74, 6) is 0.699. The Balaban J connectivity index is 0.00000120. The highest BCUT2D eigenvalue weighted by Gasteiger charge is 2.38. The maximum atomic E-state index is 12.1. The lowest BCUT2D eigenvalue weighted by atomic mass is 9.68. The maximum Gasteiger partial charge on any atom is 0.228 e.